The summed E-state index contributed by atoms with van der Waals surface area (Å²) in [5.74, 6) is 2.34. The maximum absolute atomic E-state index is 13.1. The van der Waals surface area contributed by atoms with E-state index in [-0.39, 0.29) is 11.9 Å². The maximum Gasteiger partial charge on any atom is 0.247 e. The largest absolute Gasteiger partial charge is 0.329 e. The van der Waals surface area contributed by atoms with Crippen molar-refractivity contribution in [1.82, 2.24) is 24.6 Å². The Balaban J connectivity index is 1.28. The van der Waals surface area contributed by atoms with Crippen LogP contribution in [0, 0.1) is 0 Å². The number of aromatic amines is 1. The topological polar surface area (TPSA) is 103 Å². The minimum Gasteiger partial charge on any atom is -0.329 e. The molecule has 33 heavy (non-hydrogen) atoms. The van der Waals surface area contributed by atoms with Crippen molar-refractivity contribution in [2.45, 2.75) is 37.6 Å². The van der Waals surface area contributed by atoms with Gasteiger partial charge in [0.1, 0.15) is 11.7 Å². The van der Waals surface area contributed by atoms with Gasteiger partial charge in [-0.25, -0.2) is 0 Å². The summed E-state index contributed by atoms with van der Waals surface area (Å²) in [5, 5.41) is 14.4. The van der Waals surface area contributed by atoms with Crippen LogP contribution >= 0.6 is 11.6 Å². The zero-order valence-corrected chi connectivity index (χ0v) is 18.6. The van der Waals surface area contributed by atoms with Gasteiger partial charge in [0.25, 0.3) is 0 Å². The molecule has 1 amide bonds. The van der Waals surface area contributed by atoms with E-state index in [9.17, 15) is 4.79 Å². The minimum absolute atomic E-state index is 0.0930. The van der Waals surface area contributed by atoms with Crippen molar-refractivity contribution < 1.29 is 4.79 Å². The predicted octanol–water partition coefficient (Wildman–Crippen LogP) is 4.33. The van der Waals surface area contributed by atoms with Gasteiger partial charge < -0.3 is 15.5 Å². The first-order valence-corrected chi connectivity index (χ1v) is 11.5. The van der Waals surface area contributed by atoms with Gasteiger partial charge in [-0.2, -0.15) is 15.1 Å². The third kappa shape index (κ3) is 4.00. The summed E-state index contributed by atoms with van der Waals surface area (Å²) in [6, 6.07) is 12.7. The van der Waals surface area contributed by atoms with E-state index in [0.29, 0.717) is 40.9 Å². The Kier molecular flexibility index (Phi) is 4.91. The molecule has 3 N–H and O–H groups in total. The molecular formula is C23H23ClN8O. The Morgan fingerprint density at radius 3 is 2.88 bits per heavy atom. The number of nitrogens with zero attached hydrogens (tertiary/aromatic N) is 5. The molecule has 10 heteroatoms. The number of hydrogen-bond acceptors (Lipinski definition) is 6. The van der Waals surface area contributed by atoms with Crippen molar-refractivity contribution in [2.75, 3.05) is 22.1 Å². The first kappa shape index (κ1) is 20.0. The lowest BCUT2D eigenvalue weighted by Crippen LogP contribution is -2.40. The van der Waals surface area contributed by atoms with Crippen LogP contribution in [-0.4, -0.2) is 43.1 Å². The maximum atomic E-state index is 13.1. The Hall–Kier alpha value is -3.59. The number of H-pyrrole nitrogens is 1. The number of benzene rings is 1. The van der Waals surface area contributed by atoms with Crippen LogP contribution in [0.5, 0.6) is 0 Å². The van der Waals surface area contributed by atoms with E-state index < -0.39 is 0 Å². The summed E-state index contributed by atoms with van der Waals surface area (Å²) in [6.45, 7) is 0.707. The Morgan fingerprint density at radius 1 is 1.12 bits per heavy atom. The third-order valence-corrected chi connectivity index (χ3v) is 6.37. The first-order valence-electron chi connectivity index (χ1n) is 11.1. The molecule has 4 aromatic rings. The second-order valence-electron chi connectivity index (χ2n) is 8.54. The smallest absolute Gasteiger partial charge is 0.247 e. The van der Waals surface area contributed by atoms with Crippen molar-refractivity contribution in [3.05, 3.63) is 59.4 Å². The summed E-state index contributed by atoms with van der Waals surface area (Å²) < 4.78 is 1.88. The van der Waals surface area contributed by atoms with E-state index in [1.807, 2.05) is 45.8 Å². The molecule has 9 nitrogen and oxygen atoms in total. The van der Waals surface area contributed by atoms with Crippen LogP contribution in [0.4, 0.5) is 23.4 Å². The molecular weight excluding hydrogens is 440 g/mol. The van der Waals surface area contributed by atoms with Crippen LogP contribution in [0.25, 0.3) is 5.65 Å². The number of halogens is 1. The molecule has 1 saturated carbocycles. The number of hydrogen-bond donors (Lipinski definition) is 3. The standard InChI is InChI=1S/C23H23ClN8O/c24-15-4-1-5-16(12-15)25-21(33)18-6-2-10-31(18)23-27-20-7-3-11-32(20)22(28-23)26-19-13-17(29-30-19)14-8-9-14/h1,3-5,7,11-14,18H,2,6,8-10H2,(H,25,33)(H2,26,27,28,29,30)/t18-/m0/s1. The fourth-order valence-corrected chi connectivity index (χ4v) is 4.51. The van der Waals surface area contributed by atoms with Crippen molar-refractivity contribution >= 4 is 46.6 Å². The lowest BCUT2D eigenvalue weighted by Gasteiger charge is -2.24. The average Bonchev–Trinajstić information content (AvgIpc) is 3.19. The van der Waals surface area contributed by atoms with E-state index >= 15 is 0 Å². The SMILES string of the molecule is O=C(Nc1cccc(Cl)c1)[C@@H]1CCCN1c1nc(Nc2cc(C3CC3)[nH]n2)n2cccc2n1. The number of fused-ring (bicyclic) bond motifs is 1. The van der Waals surface area contributed by atoms with Crippen LogP contribution in [0.1, 0.15) is 37.3 Å². The molecule has 2 aliphatic rings. The second kappa shape index (κ2) is 8.08. The molecule has 2 fully saturated rings. The van der Waals surface area contributed by atoms with Gasteiger partial charge in [0.15, 0.2) is 5.82 Å². The molecule has 0 radical (unpaired) electrons. The van der Waals surface area contributed by atoms with Gasteiger partial charge in [-0.3, -0.25) is 14.3 Å². The van der Waals surface area contributed by atoms with E-state index in [1.165, 1.54) is 12.8 Å². The van der Waals surface area contributed by atoms with Crippen molar-refractivity contribution in [3.63, 3.8) is 0 Å². The predicted molar refractivity (Wildman–Crippen MR) is 127 cm³/mol. The molecule has 3 aromatic heterocycles. The molecule has 1 aromatic carbocycles. The van der Waals surface area contributed by atoms with Crippen LogP contribution in [0.15, 0.2) is 48.7 Å². The fourth-order valence-electron chi connectivity index (χ4n) is 4.32. The quantitative estimate of drug-likeness (QED) is 0.394. The molecule has 1 saturated heterocycles. The zero-order chi connectivity index (χ0) is 22.4. The van der Waals surface area contributed by atoms with Crippen LogP contribution in [-0.2, 0) is 4.79 Å². The highest BCUT2D eigenvalue weighted by Gasteiger charge is 2.33. The van der Waals surface area contributed by atoms with Crippen LogP contribution < -0.4 is 15.5 Å². The fraction of sp³-hybridized carbons (Fsp3) is 0.304. The zero-order valence-electron chi connectivity index (χ0n) is 17.8. The van der Waals surface area contributed by atoms with E-state index in [4.69, 9.17) is 21.6 Å². The lowest BCUT2D eigenvalue weighted by molar-refractivity contribution is -0.117. The van der Waals surface area contributed by atoms with Crippen LogP contribution in [0.2, 0.25) is 5.02 Å². The number of carbonyl (C=O) groups is 1. The molecule has 0 unspecified atom stereocenters. The van der Waals surface area contributed by atoms with Crippen molar-refractivity contribution in [1.29, 1.82) is 0 Å². The van der Waals surface area contributed by atoms with Gasteiger partial charge in [0, 0.05) is 41.1 Å². The van der Waals surface area contributed by atoms with Gasteiger partial charge in [-0.15, -0.1) is 0 Å². The monoisotopic (exact) mass is 462 g/mol. The Labute approximate surface area is 195 Å². The van der Waals surface area contributed by atoms with E-state index in [0.717, 1.165) is 24.2 Å². The van der Waals surface area contributed by atoms with E-state index in [1.54, 1.807) is 12.1 Å². The van der Waals surface area contributed by atoms with Gasteiger partial charge in [0.2, 0.25) is 17.8 Å². The summed E-state index contributed by atoms with van der Waals surface area (Å²) in [4.78, 5) is 24.6. The number of carbonyl (C=O) groups excluding carboxylic acids is 1. The van der Waals surface area contributed by atoms with Crippen molar-refractivity contribution in [3.8, 4) is 0 Å². The molecule has 1 aliphatic heterocycles. The molecule has 1 atom stereocenters. The number of anilines is 4. The van der Waals surface area contributed by atoms with Gasteiger partial charge in [-0.1, -0.05) is 17.7 Å². The van der Waals surface area contributed by atoms with E-state index in [2.05, 4.69) is 20.8 Å². The third-order valence-electron chi connectivity index (χ3n) is 6.14. The molecule has 168 valence electrons. The summed E-state index contributed by atoms with van der Waals surface area (Å²) in [7, 11) is 0. The van der Waals surface area contributed by atoms with Gasteiger partial charge >= 0.3 is 0 Å². The molecule has 4 heterocycles. The van der Waals surface area contributed by atoms with Gasteiger partial charge in [-0.05, 0) is 56.0 Å². The molecule has 0 bridgehead atoms. The number of nitrogens with one attached hydrogen (secondary N) is 3. The molecule has 6 rings (SSSR count). The number of aromatic nitrogens is 5. The summed E-state index contributed by atoms with van der Waals surface area (Å²) >= 11 is 6.07. The number of amides is 1. The molecule has 0 spiro atoms. The number of rotatable bonds is 6. The van der Waals surface area contributed by atoms with Crippen molar-refractivity contribution in [2.24, 2.45) is 0 Å². The second-order valence-corrected chi connectivity index (χ2v) is 8.98. The lowest BCUT2D eigenvalue weighted by atomic mass is 10.2. The highest BCUT2D eigenvalue weighted by Crippen LogP contribution is 2.39. The average molecular weight is 463 g/mol. The Bertz CT molecular complexity index is 1330. The summed E-state index contributed by atoms with van der Waals surface area (Å²) in [6.07, 6.45) is 5.93. The normalized spacial score (nSPS) is 18.1. The first-order chi connectivity index (χ1) is 16.1. The molecule has 1 aliphatic carbocycles. The highest BCUT2D eigenvalue weighted by atomic mass is 35.5. The Morgan fingerprint density at radius 2 is 2.03 bits per heavy atom. The minimum atomic E-state index is -0.360. The highest BCUT2D eigenvalue weighted by molar-refractivity contribution is 6.30. The van der Waals surface area contributed by atoms with Crippen LogP contribution in [0.3, 0.4) is 0 Å². The van der Waals surface area contributed by atoms with Gasteiger partial charge in [0.05, 0.1) is 0 Å². The summed E-state index contributed by atoms with van der Waals surface area (Å²) in [5.41, 5.74) is 2.57.